The predicted octanol–water partition coefficient (Wildman–Crippen LogP) is 2.96. The lowest BCUT2D eigenvalue weighted by Crippen LogP contribution is -2.21. The highest BCUT2D eigenvalue weighted by Gasteiger charge is 2.10. The molecule has 4 nitrogen and oxygen atoms in total. The van der Waals surface area contributed by atoms with E-state index in [-0.39, 0.29) is 11.9 Å². The summed E-state index contributed by atoms with van der Waals surface area (Å²) in [5.74, 6) is -0.000797. The Morgan fingerprint density at radius 3 is 2.65 bits per heavy atom. The Morgan fingerprint density at radius 1 is 1.20 bits per heavy atom. The van der Waals surface area contributed by atoms with Gasteiger partial charge in [-0.05, 0) is 37.3 Å². The van der Waals surface area contributed by atoms with E-state index in [0.29, 0.717) is 5.56 Å². The summed E-state index contributed by atoms with van der Waals surface area (Å²) in [5, 5.41) is 3.36. The monoisotopic (exact) mass is 269 g/mol. The van der Waals surface area contributed by atoms with Crippen molar-refractivity contribution in [2.24, 2.45) is 0 Å². The molecular formula is C16H19N3O. The van der Waals surface area contributed by atoms with Crippen LogP contribution in [0.15, 0.2) is 48.7 Å². The molecule has 1 aromatic heterocycles. The molecule has 104 valence electrons. The fourth-order valence-electron chi connectivity index (χ4n) is 1.96. The molecule has 0 radical (unpaired) electrons. The molecule has 2 aromatic rings. The lowest BCUT2D eigenvalue weighted by molar-refractivity contribution is 0.0827. The number of anilines is 1. The second-order valence-corrected chi connectivity index (χ2v) is 4.90. The number of carbonyl (C=O) groups is 1. The number of benzene rings is 1. The van der Waals surface area contributed by atoms with Crippen LogP contribution in [0.2, 0.25) is 0 Å². The van der Waals surface area contributed by atoms with Crippen LogP contribution in [0.5, 0.6) is 0 Å². The maximum atomic E-state index is 11.9. The molecule has 0 saturated carbocycles. The molecule has 0 fully saturated rings. The SMILES string of the molecule is CC(Nc1cccc(C(=O)N(C)C)c1)c1ccccn1. The van der Waals surface area contributed by atoms with E-state index in [0.717, 1.165) is 11.4 Å². The van der Waals surface area contributed by atoms with E-state index >= 15 is 0 Å². The molecule has 20 heavy (non-hydrogen) atoms. The van der Waals surface area contributed by atoms with Crippen LogP contribution in [-0.2, 0) is 0 Å². The molecule has 0 aliphatic carbocycles. The molecular weight excluding hydrogens is 250 g/mol. The van der Waals surface area contributed by atoms with Crippen molar-refractivity contribution in [2.45, 2.75) is 13.0 Å². The molecule has 1 unspecified atom stereocenters. The van der Waals surface area contributed by atoms with Gasteiger partial charge in [-0.2, -0.15) is 0 Å². The van der Waals surface area contributed by atoms with E-state index in [9.17, 15) is 4.79 Å². The fourth-order valence-corrected chi connectivity index (χ4v) is 1.96. The van der Waals surface area contributed by atoms with Crippen molar-refractivity contribution in [3.05, 3.63) is 59.9 Å². The van der Waals surface area contributed by atoms with Crippen molar-refractivity contribution < 1.29 is 4.79 Å². The molecule has 1 N–H and O–H groups in total. The highest BCUT2D eigenvalue weighted by molar-refractivity contribution is 5.94. The maximum absolute atomic E-state index is 11.9. The minimum atomic E-state index is -0.000797. The van der Waals surface area contributed by atoms with Crippen molar-refractivity contribution >= 4 is 11.6 Å². The van der Waals surface area contributed by atoms with Crippen molar-refractivity contribution in [1.29, 1.82) is 0 Å². The number of nitrogens with one attached hydrogen (secondary N) is 1. The van der Waals surface area contributed by atoms with Crippen molar-refractivity contribution in [1.82, 2.24) is 9.88 Å². The van der Waals surface area contributed by atoms with Gasteiger partial charge in [0.05, 0.1) is 11.7 Å². The Kier molecular flexibility index (Phi) is 4.35. The van der Waals surface area contributed by atoms with E-state index < -0.39 is 0 Å². The summed E-state index contributed by atoms with van der Waals surface area (Å²) in [5.41, 5.74) is 2.56. The van der Waals surface area contributed by atoms with Crippen LogP contribution in [0.4, 0.5) is 5.69 Å². The summed E-state index contributed by atoms with van der Waals surface area (Å²) in [6.45, 7) is 2.04. The summed E-state index contributed by atoms with van der Waals surface area (Å²) in [6, 6.07) is 13.4. The summed E-state index contributed by atoms with van der Waals surface area (Å²) in [4.78, 5) is 17.8. The van der Waals surface area contributed by atoms with Gasteiger partial charge in [0.1, 0.15) is 0 Å². The van der Waals surface area contributed by atoms with E-state index in [1.165, 1.54) is 0 Å². The van der Waals surface area contributed by atoms with Crippen LogP contribution in [0.25, 0.3) is 0 Å². The zero-order valence-electron chi connectivity index (χ0n) is 12.0. The molecule has 0 aliphatic heterocycles. The Balaban J connectivity index is 2.14. The summed E-state index contributed by atoms with van der Waals surface area (Å²) < 4.78 is 0. The molecule has 0 aliphatic rings. The van der Waals surface area contributed by atoms with Gasteiger partial charge in [0.2, 0.25) is 0 Å². The Morgan fingerprint density at radius 2 is 2.00 bits per heavy atom. The van der Waals surface area contributed by atoms with Gasteiger partial charge >= 0.3 is 0 Å². The topological polar surface area (TPSA) is 45.2 Å². The summed E-state index contributed by atoms with van der Waals surface area (Å²) >= 11 is 0. The normalized spacial score (nSPS) is 11.8. The second kappa shape index (κ2) is 6.19. The number of carbonyl (C=O) groups excluding carboxylic acids is 1. The molecule has 1 aromatic carbocycles. The molecule has 1 atom stereocenters. The molecule has 1 heterocycles. The quantitative estimate of drug-likeness (QED) is 0.928. The van der Waals surface area contributed by atoms with Crippen LogP contribution in [0, 0.1) is 0 Å². The molecule has 0 spiro atoms. The van der Waals surface area contributed by atoms with Gasteiger partial charge in [-0.25, -0.2) is 0 Å². The number of hydrogen-bond acceptors (Lipinski definition) is 3. The number of nitrogens with zero attached hydrogens (tertiary/aromatic N) is 2. The number of pyridine rings is 1. The highest BCUT2D eigenvalue weighted by Crippen LogP contribution is 2.18. The minimum absolute atomic E-state index is 0.000797. The van der Waals surface area contributed by atoms with Crippen LogP contribution in [0.3, 0.4) is 0 Å². The third kappa shape index (κ3) is 3.35. The van der Waals surface area contributed by atoms with Gasteiger partial charge in [0.15, 0.2) is 0 Å². The van der Waals surface area contributed by atoms with Crippen molar-refractivity contribution in [3.63, 3.8) is 0 Å². The number of amides is 1. The van der Waals surface area contributed by atoms with Gasteiger partial charge in [-0.1, -0.05) is 12.1 Å². The van der Waals surface area contributed by atoms with Crippen LogP contribution >= 0.6 is 0 Å². The smallest absolute Gasteiger partial charge is 0.253 e. The third-order valence-corrected chi connectivity index (χ3v) is 3.03. The highest BCUT2D eigenvalue weighted by atomic mass is 16.2. The maximum Gasteiger partial charge on any atom is 0.253 e. The van der Waals surface area contributed by atoms with Crippen LogP contribution in [-0.4, -0.2) is 29.9 Å². The Hall–Kier alpha value is -2.36. The molecule has 0 bridgehead atoms. The van der Waals surface area contributed by atoms with E-state index in [2.05, 4.69) is 10.3 Å². The first-order valence-corrected chi connectivity index (χ1v) is 6.57. The van der Waals surface area contributed by atoms with Gasteiger partial charge in [-0.3, -0.25) is 9.78 Å². The summed E-state index contributed by atoms with van der Waals surface area (Å²) in [7, 11) is 3.50. The fraction of sp³-hybridized carbons (Fsp3) is 0.250. The molecule has 1 amide bonds. The minimum Gasteiger partial charge on any atom is -0.377 e. The number of hydrogen-bond donors (Lipinski definition) is 1. The summed E-state index contributed by atoms with van der Waals surface area (Å²) in [6.07, 6.45) is 1.78. The lowest BCUT2D eigenvalue weighted by atomic mass is 10.1. The third-order valence-electron chi connectivity index (χ3n) is 3.03. The average Bonchev–Trinajstić information content (AvgIpc) is 2.47. The van der Waals surface area contributed by atoms with Crippen molar-refractivity contribution in [3.8, 4) is 0 Å². The van der Waals surface area contributed by atoms with Crippen LogP contribution in [0.1, 0.15) is 29.0 Å². The second-order valence-electron chi connectivity index (χ2n) is 4.90. The van der Waals surface area contributed by atoms with Gasteiger partial charge in [0, 0.05) is 31.5 Å². The molecule has 4 heteroatoms. The largest absolute Gasteiger partial charge is 0.377 e. The van der Waals surface area contributed by atoms with Crippen LogP contribution < -0.4 is 5.32 Å². The Labute approximate surface area is 119 Å². The first-order chi connectivity index (χ1) is 9.58. The first kappa shape index (κ1) is 14.1. The molecule has 2 rings (SSSR count). The van der Waals surface area contributed by atoms with Gasteiger partial charge in [-0.15, -0.1) is 0 Å². The Bertz CT molecular complexity index is 581. The lowest BCUT2D eigenvalue weighted by Gasteiger charge is -2.16. The number of rotatable bonds is 4. The average molecular weight is 269 g/mol. The van der Waals surface area contributed by atoms with Crippen molar-refractivity contribution in [2.75, 3.05) is 19.4 Å². The van der Waals surface area contributed by atoms with Gasteiger partial charge in [0.25, 0.3) is 5.91 Å². The predicted molar refractivity (Wildman–Crippen MR) is 80.7 cm³/mol. The first-order valence-electron chi connectivity index (χ1n) is 6.57. The zero-order chi connectivity index (χ0) is 14.5. The van der Waals surface area contributed by atoms with E-state index in [1.54, 1.807) is 25.2 Å². The molecule has 0 saturated heterocycles. The van der Waals surface area contributed by atoms with E-state index in [1.807, 2.05) is 49.4 Å². The van der Waals surface area contributed by atoms with Gasteiger partial charge < -0.3 is 10.2 Å². The standard InChI is InChI=1S/C16H19N3O/c1-12(15-9-4-5-10-17-15)18-14-8-6-7-13(11-14)16(20)19(2)3/h4-12,18H,1-3H3. The zero-order valence-corrected chi connectivity index (χ0v) is 12.0. The number of aromatic nitrogens is 1. The van der Waals surface area contributed by atoms with E-state index in [4.69, 9.17) is 0 Å².